The number of halogens is 4. The van der Waals surface area contributed by atoms with Crippen molar-refractivity contribution in [1.82, 2.24) is 14.8 Å². The Morgan fingerprint density at radius 3 is 2.49 bits per heavy atom. The van der Waals surface area contributed by atoms with Crippen LogP contribution < -0.4 is 5.32 Å². The molecule has 0 aliphatic heterocycles. The van der Waals surface area contributed by atoms with Crippen molar-refractivity contribution in [3.05, 3.63) is 96.9 Å². The van der Waals surface area contributed by atoms with Crippen LogP contribution in [0.1, 0.15) is 5.56 Å². The first-order valence-electron chi connectivity index (χ1n) is 10.5. The molecule has 2 aromatic heterocycles. The lowest BCUT2D eigenvalue weighted by molar-refractivity contribution is -0.260. The van der Waals surface area contributed by atoms with E-state index in [-0.39, 0.29) is 5.56 Å². The van der Waals surface area contributed by atoms with Gasteiger partial charge in [-0.15, -0.1) is 0 Å². The Labute approximate surface area is 196 Å². The summed E-state index contributed by atoms with van der Waals surface area (Å²) in [6, 6.07) is 16.0. The highest BCUT2D eigenvalue weighted by Gasteiger charge is 2.55. The SMILES string of the molecule is OC(CNc1cccc(-c2cnco2)c1)(c1ccc2c(cnn2-c2ccc(F)cc2)c1)C(F)(F)F. The number of benzene rings is 3. The number of aliphatic hydroxyl groups is 1. The van der Waals surface area contributed by atoms with Gasteiger partial charge in [0.25, 0.3) is 0 Å². The number of aromatic nitrogens is 3. The fourth-order valence-corrected chi connectivity index (χ4v) is 3.81. The van der Waals surface area contributed by atoms with E-state index in [9.17, 15) is 22.7 Å². The van der Waals surface area contributed by atoms with Crippen LogP contribution in [0.5, 0.6) is 0 Å². The Balaban J connectivity index is 1.46. The Morgan fingerprint density at radius 1 is 0.971 bits per heavy atom. The summed E-state index contributed by atoms with van der Waals surface area (Å²) in [4.78, 5) is 3.84. The van der Waals surface area contributed by atoms with Gasteiger partial charge in [-0.05, 0) is 54.1 Å². The van der Waals surface area contributed by atoms with Crippen LogP contribution in [-0.4, -0.2) is 32.6 Å². The van der Waals surface area contributed by atoms with Gasteiger partial charge in [-0.3, -0.25) is 0 Å². The van der Waals surface area contributed by atoms with Crippen LogP contribution in [0.4, 0.5) is 23.2 Å². The number of oxazole rings is 1. The molecular weight excluding hydrogens is 464 g/mol. The minimum atomic E-state index is -4.97. The van der Waals surface area contributed by atoms with E-state index in [1.807, 2.05) is 0 Å². The van der Waals surface area contributed by atoms with Crippen LogP contribution in [0, 0.1) is 5.82 Å². The maximum absolute atomic E-state index is 14.1. The lowest BCUT2D eigenvalue weighted by Crippen LogP contribution is -2.47. The van der Waals surface area contributed by atoms with Crippen LogP contribution in [0.3, 0.4) is 0 Å². The van der Waals surface area contributed by atoms with Gasteiger partial charge < -0.3 is 14.8 Å². The Morgan fingerprint density at radius 2 is 1.77 bits per heavy atom. The van der Waals surface area contributed by atoms with Crippen molar-refractivity contribution < 1.29 is 27.1 Å². The molecule has 178 valence electrons. The monoisotopic (exact) mass is 482 g/mol. The van der Waals surface area contributed by atoms with E-state index >= 15 is 0 Å². The fraction of sp³-hybridized carbons (Fsp3) is 0.120. The summed E-state index contributed by atoms with van der Waals surface area (Å²) in [6.07, 6.45) is -0.824. The molecule has 1 atom stereocenters. The normalized spacial score (nSPS) is 13.6. The number of nitrogens with zero attached hydrogens (tertiary/aromatic N) is 3. The van der Waals surface area contributed by atoms with E-state index in [1.165, 1.54) is 65.9 Å². The quantitative estimate of drug-likeness (QED) is 0.305. The van der Waals surface area contributed by atoms with Crippen molar-refractivity contribution >= 4 is 16.6 Å². The zero-order chi connectivity index (χ0) is 24.6. The van der Waals surface area contributed by atoms with Crippen molar-refractivity contribution in [2.24, 2.45) is 0 Å². The average Bonchev–Trinajstić information content (AvgIpc) is 3.53. The molecule has 5 aromatic rings. The molecule has 0 saturated heterocycles. The summed E-state index contributed by atoms with van der Waals surface area (Å²) in [5.74, 6) is 0.0463. The maximum Gasteiger partial charge on any atom is 0.423 e. The molecule has 0 saturated carbocycles. The maximum atomic E-state index is 14.1. The van der Waals surface area contributed by atoms with Gasteiger partial charge in [-0.2, -0.15) is 18.3 Å². The third kappa shape index (κ3) is 4.24. The van der Waals surface area contributed by atoms with Crippen molar-refractivity contribution in [1.29, 1.82) is 0 Å². The molecule has 35 heavy (non-hydrogen) atoms. The van der Waals surface area contributed by atoms with Gasteiger partial charge in [0.2, 0.25) is 5.60 Å². The van der Waals surface area contributed by atoms with Crippen LogP contribution in [0.2, 0.25) is 0 Å². The molecule has 0 spiro atoms. The molecule has 0 aliphatic carbocycles. The fourth-order valence-electron chi connectivity index (χ4n) is 3.81. The number of nitrogens with one attached hydrogen (secondary N) is 1. The van der Waals surface area contributed by atoms with Gasteiger partial charge >= 0.3 is 6.18 Å². The lowest BCUT2D eigenvalue weighted by Gasteiger charge is -2.31. The molecule has 2 N–H and O–H groups in total. The topological polar surface area (TPSA) is 76.1 Å². The van der Waals surface area contributed by atoms with E-state index in [0.717, 1.165) is 0 Å². The first-order chi connectivity index (χ1) is 16.7. The molecule has 5 rings (SSSR count). The number of hydrogen-bond donors (Lipinski definition) is 2. The van der Waals surface area contributed by atoms with Crippen LogP contribution in [-0.2, 0) is 5.60 Å². The standard InChI is InChI=1S/C25H18F4N4O2/c26-19-5-7-21(8-6-19)33-22-9-4-18(10-17(22)12-32-33)24(34,25(27,28)29)14-31-20-3-1-2-16(11-20)23-13-30-15-35-23/h1-13,15,31,34H,14H2. The summed E-state index contributed by atoms with van der Waals surface area (Å²) in [5, 5.41) is 18.2. The Bertz CT molecular complexity index is 1460. The number of fused-ring (bicyclic) bond motifs is 1. The predicted molar refractivity (Wildman–Crippen MR) is 121 cm³/mol. The van der Waals surface area contributed by atoms with E-state index in [1.54, 1.807) is 24.3 Å². The van der Waals surface area contributed by atoms with Gasteiger partial charge in [0.05, 0.1) is 30.1 Å². The van der Waals surface area contributed by atoms with E-state index < -0.39 is 24.1 Å². The summed E-state index contributed by atoms with van der Waals surface area (Å²) in [7, 11) is 0. The summed E-state index contributed by atoms with van der Waals surface area (Å²) < 4.78 is 62.4. The van der Waals surface area contributed by atoms with Gasteiger partial charge in [-0.25, -0.2) is 14.1 Å². The Kier molecular flexibility index (Phi) is 5.52. The number of hydrogen-bond acceptors (Lipinski definition) is 5. The Hall–Kier alpha value is -4.18. The molecule has 1 unspecified atom stereocenters. The highest BCUT2D eigenvalue weighted by atomic mass is 19.4. The minimum absolute atomic E-state index is 0.338. The third-order valence-electron chi connectivity index (χ3n) is 5.71. The highest BCUT2D eigenvalue weighted by molar-refractivity contribution is 5.81. The molecule has 0 amide bonds. The second-order valence-corrected chi connectivity index (χ2v) is 7.96. The summed E-state index contributed by atoms with van der Waals surface area (Å²) >= 11 is 0. The highest BCUT2D eigenvalue weighted by Crippen LogP contribution is 2.40. The molecule has 0 fully saturated rings. The smallest absolute Gasteiger partial charge is 0.423 e. The largest absolute Gasteiger partial charge is 0.444 e. The number of alkyl halides is 3. The molecular formula is C25H18F4N4O2. The number of anilines is 1. The molecule has 0 bridgehead atoms. The van der Waals surface area contributed by atoms with Gasteiger partial charge in [0.15, 0.2) is 12.2 Å². The van der Waals surface area contributed by atoms with Crippen molar-refractivity contribution in [2.75, 3.05) is 11.9 Å². The third-order valence-corrected chi connectivity index (χ3v) is 5.71. The van der Waals surface area contributed by atoms with Gasteiger partial charge in [0.1, 0.15) is 5.82 Å². The van der Waals surface area contributed by atoms with Crippen LogP contribution >= 0.6 is 0 Å². The van der Waals surface area contributed by atoms with E-state index in [4.69, 9.17) is 4.42 Å². The average molecular weight is 482 g/mol. The molecule has 6 nitrogen and oxygen atoms in total. The zero-order valence-corrected chi connectivity index (χ0v) is 18.0. The first kappa shape index (κ1) is 22.6. The molecule has 3 aromatic carbocycles. The van der Waals surface area contributed by atoms with Crippen molar-refractivity contribution in [2.45, 2.75) is 11.8 Å². The van der Waals surface area contributed by atoms with Crippen molar-refractivity contribution in [3.63, 3.8) is 0 Å². The van der Waals surface area contributed by atoms with Crippen LogP contribution in [0.15, 0.2) is 89.9 Å². The molecule has 0 aliphatic rings. The van der Waals surface area contributed by atoms with Crippen molar-refractivity contribution in [3.8, 4) is 17.0 Å². The second kappa shape index (κ2) is 8.55. The molecule has 0 radical (unpaired) electrons. The summed E-state index contributed by atoms with van der Waals surface area (Å²) in [6.45, 7) is -0.825. The van der Waals surface area contributed by atoms with E-state index in [2.05, 4.69) is 15.4 Å². The number of rotatable bonds is 6. The first-order valence-corrected chi connectivity index (χ1v) is 10.5. The van der Waals surface area contributed by atoms with Crippen LogP contribution in [0.25, 0.3) is 27.9 Å². The van der Waals surface area contributed by atoms with Gasteiger partial charge in [-0.1, -0.05) is 18.2 Å². The molecule has 10 heteroatoms. The van der Waals surface area contributed by atoms with Gasteiger partial charge in [0, 0.05) is 16.6 Å². The lowest BCUT2D eigenvalue weighted by atomic mass is 9.91. The van der Waals surface area contributed by atoms with E-state index in [0.29, 0.717) is 33.6 Å². The minimum Gasteiger partial charge on any atom is -0.444 e. The predicted octanol–water partition coefficient (Wildman–Crippen LogP) is 5.68. The summed E-state index contributed by atoms with van der Waals surface area (Å²) in [5.41, 5.74) is -1.47. The second-order valence-electron chi connectivity index (χ2n) is 7.96. The zero-order valence-electron chi connectivity index (χ0n) is 18.0. The molecule has 2 heterocycles.